The maximum Gasteiger partial charge on any atom is 0.148 e. The summed E-state index contributed by atoms with van der Waals surface area (Å²) in [5.41, 5.74) is 8.03. The van der Waals surface area contributed by atoms with Crippen molar-refractivity contribution >= 4 is 36.3 Å². The van der Waals surface area contributed by atoms with E-state index >= 15 is 0 Å². The number of nitrogens with two attached hydrogens (primary N) is 1. The molecule has 2 heterocycles. The summed E-state index contributed by atoms with van der Waals surface area (Å²) in [7, 11) is 0. The molecule has 0 saturated heterocycles. The van der Waals surface area contributed by atoms with Crippen molar-refractivity contribution in [1.29, 1.82) is 0 Å². The van der Waals surface area contributed by atoms with Crippen LogP contribution in [0.1, 0.15) is 32.4 Å². The van der Waals surface area contributed by atoms with E-state index in [-0.39, 0.29) is 24.8 Å². The highest BCUT2D eigenvalue weighted by Gasteiger charge is 2.33. The van der Waals surface area contributed by atoms with Crippen molar-refractivity contribution in [2.75, 3.05) is 17.6 Å². The molecule has 3 N–H and O–H groups in total. The molecule has 0 bridgehead atoms. The van der Waals surface area contributed by atoms with Crippen molar-refractivity contribution in [2.24, 2.45) is 5.41 Å². The summed E-state index contributed by atoms with van der Waals surface area (Å²) in [5.74, 6) is 1.00. The summed E-state index contributed by atoms with van der Waals surface area (Å²) in [4.78, 5) is 0. The first-order valence-corrected chi connectivity index (χ1v) is 5.68. The minimum atomic E-state index is 0. The van der Waals surface area contributed by atoms with E-state index in [0.717, 1.165) is 30.3 Å². The van der Waals surface area contributed by atoms with Crippen LogP contribution < -0.4 is 11.1 Å². The zero-order valence-electron chi connectivity index (χ0n) is 10.6. The van der Waals surface area contributed by atoms with E-state index in [0.29, 0.717) is 5.41 Å². The molecule has 2 rings (SSSR count). The molecule has 1 aromatic rings. The zero-order valence-corrected chi connectivity index (χ0v) is 12.2. The third kappa shape index (κ3) is 2.63. The minimum absolute atomic E-state index is 0. The molecular weight excluding hydrogens is 259 g/mol. The first-order chi connectivity index (χ1) is 7.12. The van der Waals surface area contributed by atoms with Crippen LogP contribution >= 0.6 is 24.8 Å². The van der Waals surface area contributed by atoms with E-state index in [1.165, 1.54) is 12.8 Å². The van der Waals surface area contributed by atoms with Crippen molar-refractivity contribution in [3.63, 3.8) is 0 Å². The second kappa shape index (κ2) is 5.83. The highest BCUT2D eigenvalue weighted by Crippen LogP contribution is 2.36. The summed E-state index contributed by atoms with van der Waals surface area (Å²) in [6, 6.07) is 0. The lowest BCUT2D eigenvalue weighted by Gasteiger charge is -2.36. The van der Waals surface area contributed by atoms with E-state index in [1.807, 2.05) is 11.6 Å². The number of hydrogen-bond donors (Lipinski definition) is 2. The number of aromatic nitrogens is 2. The van der Waals surface area contributed by atoms with Crippen LogP contribution in [0.5, 0.6) is 0 Å². The smallest absolute Gasteiger partial charge is 0.148 e. The largest absolute Gasteiger partial charge is 0.394 e. The standard InChI is InChI=1S/C11H20N4.2ClH/c1-4-11(5-2)6-13-10-9(12)8(3)14-15(10)7-11;;/h13H,4-7,12H2,1-3H3;2*1H. The lowest BCUT2D eigenvalue weighted by Crippen LogP contribution is -2.38. The van der Waals surface area contributed by atoms with E-state index in [4.69, 9.17) is 5.73 Å². The summed E-state index contributed by atoms with van der Waals surface area (Å²) in [6.45, 7) is 8.45. The molecule has 0 atom stereocenters. The van der Waals surface area contributed by atoms with Crippen LogP contribution in [0.4, 0.5) is 11.5 Å². The lowest BCUT2D eigenvalue weighted by atomic mass is 9.81. The van der Waals surface area contributed by atoms with Gasteiger partial charge in [0.15, 0.2) is 0 Å². The monoisotopic (exact) mass is 280 g/mol. The topological polar surface area (TPSA) is 55.9 Å². The predicted molar refractivity (Wildman–Crippen MR) is 77.4 cm³/mol. The fraction of sp³-hybridized carbons (Fsp3) is 0.727. The summed E-state index contributed by atoms with van der Waals surface area (Å²) in [6.07, 6.45) is 2.35. The quantitative estimate of drug-likeness (QED) is 0.876. The van der Waals surface area contributed by atoms with Crippen molar-refractivity contribution in [2.45, 2.75) is 40.2 Å². The van der Waals surface area contributed by atoms with Gasteiger partial charge in [0.25, 0.3) is 0 Å². The molecule has 6 heteroatoms. The Morgan fingerprint density at radius 1 is 1.35 bits per heavy atom. The van der Waals surface area contributed by atoms with E-state index in [9.17, 15) is 0 Å². The van der Waals surface area contributed by atoms with Crippen molar-refractivity contribution in [1.82, 2.24) is 9.78 Å². The van der Waals surface area contributed by atoms with Crippen LogP contribution in [0.2, 0.25) is 0 Å². The predicted octanol–water partition coefficient (Wildman–Crippen LogP) is 2.85. The molecule has 0 aromatic carbocycles. The van der Waals surface area contributed by atoms with Crippen LogP contribution in [0.3, 0.4) is 0 Å². The van der Waals surface area contributed by atoms with Gasteiger partial charge in [-0.1, -0.05) is 13.8 Å². The molecule has 4 nitrogen and oxygen atoms in total. The van der Waals surface area contributed by atoms with Gasteiger partial charge >= 0.3 is 0 Å². The molecule has 1 aromatic heterocycles. The van der Waals surface area contributed by atoms with Crippen LogP contribution in [-0.4, -0.2) is 16.3 Å². The van der Waals surface area contributed by atoms with E-state index < -0.39 is 0 Å². The maximum absolute atomic E-state index is 5.95. The molecule has 0 amide bonds. The number of hydrogen-bond acceptors (Lipinski definition) is 3. The van der Waals surface area contributed by atoms with E-state index in [1.54, 1.807) is 0 Å². The maximum atomic E-state index is 5.95. The Hall–Kier alpha value is -0.610. The van der Waals surface area contributed by atoms with Gasteiger partial charge in [0, 0.05) is 12.0 Å². The van der Waals surface area contributed by atoms with Gasteiger partial charge in [-0.3, -0.25) is 0 Å². The molecule has 0 aliphatic carbocycles. The number of nitrogen functional groups attached to an aromatic ring is 1. The second-order valence-electron chi connectivity index (χ2n) is 4.57. The zero-order chi connectivity index (χ0) is 11.1. The number of aryl methyl sites for hydroxylation is 1. The van der Waals surface area contributed by atoms with Crippen LogP contribution in [0.25, 0.3) is 0 Å². The van der Waals surface area contributed by atoms with Gasteiger partial charge in [0.05, 0.1) is 17.9 Å². The van der Waals surface area contributed by atoms with Gasteiger partial charge in [0.1, 0.15) is 5.82 Å². The third-order valence-corrected chi connectivity index (χ3v) is 3.79. The number of anilines is 2. The normalized spacial score (nSPS) is 16.2. The molecular formula is C11H22Cl2N4. The number of fused-ring (bicyclic) bond motifs is 1. The molecule has 100 valence electrons. The van der Waals surface area contributed by atoms with Crippen molar-refractivity contribution in [3.8, 4) is 0 Å². The van der Waals surface area contributed by atoms with Crippen molar-refractivity contribution in [3.05, 3.63) is 5.69 Å². The fourth-order valence-electron chi connectivity index (χ4n) is 2.26. The number of halogens is 2. The van der Waals surface area contributed by atoms with Crippen molar-refractivity contribution < 1.29 is 0 Å². The fourth-order valence-corrected chi connectivity index (χ4v) is 2.26. The highest BCUT2D eigenvalue weighted by atomic mass is 35.5. The van der Waals surface area contributed by atoms with Gasteiger partial charge in [-0.2, -0.15) is 5.10 Å². The molecule has 0 saturated carbocycles. The van der Waals surface area contributed by atoms with Gasteiger partial charge in [-0.05, 0) is 19.8 Å². The Balaban J connectivity index is 0.00000128. The van der Waals surface area contributed by atoms with Gasteiger partial charge in [-0.25, -0.2) is 4.68 Å². The Morgan fingerprint density at radius 2 is 1.94 bits per heavy atom. The molecule has 17 heavy (non-hydrogen) atoms. The number of nitrogens with one attached hydrogen (secondary N) is 1. The molecule has 0 fully saturated rings. The summed E-state index contributed by atoms with van der Waals surface area (Å²) >= 11 is 0. The Kier molecular flexibility index (Phi) is 5.62. The second-order valence-corrected chi connectivity index (χ2v) is 4.57. The summed E-state index contributed by atoms with van der Waals surface area (Å²) < 4.78 is 2.03. The average molecular weight is 281 g/mol. The first kappa shape index (κ1) is 16.4. The Bertz CT molecular complexity index is 372. The molecule has 1 aliphatic rings. The van der Waals surface area contributed by atoms with E-state index in [2.05, 4.69) is 24.3 Å². The Morgan fingerprint density at radius 3 is 2.47 bits per heavy atom. The SMILES string of the molecule is CCC1(CC)CNc2c(N)c(C)nn2C1.Cl.Cl. The number of nitrogens with zero attached hydrogens (tertiary/aromatic N) is 2. The van der Waals surface area contributed by atoms with Crippen LogP contribution in [0.15, 0.2) is 0 Å². The average Bonchev–Trinajstić information content (AvgIpc) is 2.54. The van der Waals surface area contributed by atoms with Gasteiger partial charge in [-0.15, -0.1) is 24.8 Å². The van der Waals surface area contributed by atoms with Gasteiger partial charge < -0.3 is 11.1 Å². The third-order valence-electron chi connectivity index (χ3n) is 3.79. The molecule has 0 spiro atoms. The Labute approximate surface area is 115 Å². The minimum Gasteiger partial charge on any atom is -0.394 e. The van der Waals surface area contributed by atoms with Crippen LogP contribution in [-0.2, 0) is 6.54 Å². The first-order valence-electron chi connectivity index (χ1n) is 5.68. The van der Waals surface area contributed by atoms with Gasteiger partial charge in [0.2, 0.25) is 0 Å². The highest BCUT2D eigenvalue weighted by molar-refractivity contribution is 5.85. The molecule has 0 radical (unpaired) electrons. The van der Waals surface area contributed by atoms with Crippen LogP contribution in [0, 0.1) is 12.3 Å². The lowest BCUT2D eigenvalue weighted by molar-refractivity contribution is 0.214. The summed E-state index contributed by atoms with van der Waals surface area (Å²) in [5, 5.41) is 7.89. The molecule has 1 aliphatic heterocycles. The number of rotatable bonds is 2. The molecule has 0 unspecified atom stereocenters.